The van der Waals surface area contributed by atoms with Gasteiger partial charge in [0.15, 0.2) is 0 Å². The van der Waals surface area contributed by atoms with Gasteiger partial charge in [-0.3, -0.25) is 9.69 Å². The second-order valence-electron chi connectivity index (χ2n) is 3.94. The number of carboxylic acid groups (broad SMARTS) is 1. The van der Waals surface area contributed by atoms with Gasteiger partial charge in [-0.1, -0.05) is 6.92 Å². The third-order valence-corrected chi connectivity index (χ3v) is 2.73. The molecule has 0 radical (unpaired) electrons. The van der Waals surface area contributed by atoms with E-state index in [9.17, 15) is 4.79 Å². The number of rotatable bonds is 6. The maximum Gasteiger partial charge on any atom is 0.317 e. The average Bonchev–Trinajstić information content (AvgIpc) is 2.84. The lowest BCUT2D eigenvalue weighted by Crippen LogP contribution is -2.39. The smallest absolute Gasteiger partial charge is 0.317 e. The molecule has 3 heteroatoms. The average molecular weight is 185 g/mol. The first-order chi connectivity index (χ1) is 6.15. The Morgan fingerprint density at radius 3 is 2.62 bits per heavy atom. The van der Waals surface area contributed by atoms with E-state index in [1.807, 2.05) is 0 Å². The van der Waals surface area contributed by atoms with Crippen molar-refractivity contribution < 1.29 is 9.90 Å². The van der Waals surface area contributed by atoms with E-state index in [0.29, 0.717) is 6.04 Å². The van der Waals surface area contributed by atoms with Crippen molar-refractivity contribution >= 4 is 5.97 Å². The van der Waals surface area contributed by atoms with Gasteiger partial charge in [0.2, 0.25) is 0 Å². The van der Waals surface area contributed by atoms with Crippen molar-refractivity contribution in [1.82, 2.24) is 4.90 Å². The standard InChI is InChI=1S/C10H19NO2/c1-3-6-11(7-10(12)13)8(2)9-4-5-9/h8-9H,3-7H2,1-2H3,(H,12,13). The fourth-order valence-corrected chi connectivity index (χ4v) is 1.76. The molecular formula is C10H19NO2. The number of carbonyl (C=O) groups is 1. The van der Waals surface area contributed by atoms with E-state index in [2.05, 4.69) is 18.7 Å². The molecule has 0 amide bonds. The van der Waals surface area contributed by atoms with Crippen LogP contribution >= 0.6 is 0 Å². The second kappa shape index (κ2) is 4.61. The Morgan fingerprint density at radius 2 is 2.23 bits per heavy atom. The van der Waals surface area contributed by atoms with Crippen molar-refractivity contribution in [2.75, 3.05) is 13.1 Å². The van der Waals surface area contributed by atoms with Crippen LogP contribution in [0.25, 0.3) is 0 Å². The van der Waals surface area contributed by atoms with E-state index in [1.54, 1.807) is 0 Å². The minimum Gasteiger partial charge on any atom is -0.480 e. The molecule has 0 bridgehead atoms. The summed E-state index contributed by atoms with van der Waals surface area (Å²) in [7, 11) is 0. The van der Waals surface area contributed by atoms with E-state index in [1.165, 1.54) is 12.8 Å². The third kappa shape index (κ3) is 3.35. The van der Waals surface area contributed by atoms with Crippen LogP contribution in [0, 0.1) is 5.92 Å². The number of hydrogen-bond acceptors (Lipinski definition) is 2. The summed E-state index contributed by atoms with van der Waals surface area (Å²) in [6.07, 6.45) is 3.59. The first kappa shape index (κ1) is 10.5. The lowest BCUT2D eigenvalue weighted by atomic mass is 10.1. The fourth-order valence-electron chi connectivity index (χ4n) is 1.76. The van der Waals surface area contributed by atoms with Crippen LogP contribution in [0.2, 0.25) is 0 Å². The van der Waals surface area contributed by atoms with Crippen LogP contribution in [0.5, 0.6) is 0 Å². The number of aliphatic carboxylic acids is 1. The summed E-state index contributed by atoms with van der Waals surface area (Å²) < 4.78 is 0. The van der Waals surface area contributed by atoms with Crippen molar-refractivity contribution in [1.29, 1.82) is 0 Å². The van der Waals surface area contributed by atoms with Crippen molar-refractivity contribution in [2.45, 2.75) is 39.2 Å². The zero-order valence-corrected chi connectivity index (χ0v) is 8.49. The lowest BCUT2D eigenvalue weighted by molar-refractivity contribution is -0.139. The molecule has 0 heterocycles. The van der Waals surface area contributed by atoms with E-state index in [-0.39, 0.29) is 6.54 Å². The molecule has 1 rings (SSSR count). The van der Waals surface area contributed by atoms with Crippen LogP contribution in [0.1, 0.15) is 33.1 Å². The highest BCUT2D eigenvalue weighted by molar-refractivity contribution is 5.69. The van der Waals surface area contributed by atoms with E-state index >= 15 is 0 Å². The Balaban J connectivity index is 2.39. The molecular weight excluding hydrogens is 166 g/mol. The topological polar surface area (TPSA) is 40.5 Å². The zero-order chi connectivity index (χ0) is 9.84. The van der Waals surface area contributed by atoms with Crippen molar-refractivity contribution in [2.24, 2.45) is 5.92 Å². The Labute approximate surface area is 79.7 Å². The van der Waals surface area contributed by atoms with Gasteiger partial charge in [0.1, 0.15) is 0 Å². The Bertz CT molecular complexity index is 178. The molecule has 0 spiro atoms. The van der Waals surface area contributed by atoms with Gasteiger partial charge in [0, 0.05) is 6.04 Å². The lowest BCUT2D eigenvalue weighted by Gasteiger charge is -2.26. The van der Waals surface area contributed by atoms with Crippen LogP contribution in [-0.2, 0) is 4.79 Å². The normalized spacial score (nSPS) is 19.0. The molecule has 0 aromatic heterocycles. The molecule has 0 aromatic carbocycles. The van der Waals surface area contributed by atoms with Crippen LogP contribution in [0.4, 0.5) is 0 Å². The summed E-state index contributed by atoms with van der Waals surface area (Å²) >= 11 is 0. The predicted molar refractivity (Wildman–Crippen MR) is 51.7 cm³/mol. The van der Waals surface area contributed by atoms with Gasteiger partial charge in [-0.2, -0.15) is 0 Å². The van der Waals surface area contributed by atoms with E-state index in [4.69, 9.17) is 5.11 Å². The van der Waals surface area contributed by atoms with Gasteiger partial charge in [0.25, 0.3) is 0 Å². The summed E-state index contributed by atoms with van der Waals surface area (Å²) in [5.74, 6) is 0.0480. The Kier molecular flexibility index (Phi) is 3.72. The SMILES string of the molecule is CCCN(CC(=O)O)C(C)C1CC1. The molecule has 1 aliphatic rings. The molecule has 0 aromatic rings. The largest absolute Gasteiger partial charge is 0.480 e. The first-order valence-electron chi connectivity index (χ1n) is 5.11. The molecule has 0 aliphatic heterocycles. The molecule has 13 heavy (non-hydrogen) atoms. The minimum absolute atomic E-state index is 0.200. The molecule has 3 nitrogen and oxygen atoms in total. The molecule has 76 valence electrons. The van der Waals surface area contributed by atoms with Gasteiger partial charge in [-0.15, -0.1) is 0 Å². The highest BCUT2D eigenvalue weighted by Gasteiger charge is 2.32. The summed E-state index contributed by atoms with van der Waals surface area (Å²) in [6.45, 7) is 5.35. The molecule has 1 saturated carbocycles. The summed E-state index contributed by atoms with van der Waals surface area (Å²) in [5.41, 5.74) is 0. The maximum atomic E-state index is 10.6. The van der Waals surface area contributed by atoms with Crippen LogP contribution in [-0.4, -0.2) is 35.1 Å². The van der Waals surface area contributed by atoms with Crippen LogP contribution in [0.15, 0.2) is 0 Å². The molecule has 1 aliphatic carbocycles. The monoisotopic (exact) mass is 185 g/mol. The molecule has 1 unspecified atom stereocenters. The minimum atomic E-state index is -0.707. The molecule has 1 atom stereocenters. The quantitative estimate of drug-likeness (QED) is 0.683. The van der Waals surface area contributed by atoms with Crippen LogP contribution < -0.4 is 0 Å². The van der Waals surface area contributed by atoms with Crippen LogP contribution in [0.3, 0.4) is 0 Å². The number of hydrogen-bond donors (Lipinski definition) is 1. The molecule has 0 saturated heterocycles. The highest BCUT2D eigenvalue weighted by atomic mass is 16.4. The Hall–Kier alpha value is -0.570. The molecule has 1 fully saturated rings. The van der Waals surface area contributed by atoms with E-state index in [0.717, 1.165) is 18.9 Å². The number of carboxylic acids is 1. The van der Waals surface area contributed by atoms with Crippen molar-refractivity contribution in [3.63, 3.8) is 0 Å². The van der Waals surface area contributed by atoms with E-state index < -0.39 is 5.97 Å². The predicted octanol–water partition coefficient (Wildman–Crippen LogP) is 1.58. The van der Waals surface area contributed by atoms with Gasteiger partial charge >= 0.3 is 5.97 Å². The fraction of sp³-hybridized carbons (Fsp3) is 0.900. The maximum absolute atomic E-state index is 10.6. The van der Waals surface area contributed by atoms with Crippen molar-refractivity contribution in [3.05, 3.63) is 0 Å². The third-order valence-electron chi connectivity index (χ3n) is 2.73. The van der Waals surface area contributed by atoms with Gasteiger partial charge in [-0.05, 0) is 38.6 Å². The zero-order valence-electron chi connectivity index (χ0n) is 8.49. The summed E-state index contributed by atoms with van der Waals surface area (Å²) in [5, 5.41) is 8.72. The van der Waals surface area contributed by atoms with Crippen molar-refractivity contribution in [3.8, 4) is 0 Å². The number of nitrogens with zero attached hydrogens (tertiary/aromatic N) is 1. The van der Waals surface area contributed by atoms with Gasteiger partial charge in [0.05, 0.1) is 6.54 Å². The van der Waals surface area contributed by atoms with Gasteiger partial charge < -0.3 is 5.11 Å². The second-order valence-corrected chi connectivity index (χ2v) is 3.94. The highest BCUT2D eigenvalue weighted by Crippen LogP contribution is 2.35. The summed E-state index contributed by atoms with van der Waals surface area (Å²) in [4.78, 5) is 12.7. The Morgan fingerprint density at radius 1 is 1.62 bits per heavy atom. The first-order valence-corrected chi connectivity index (χ1v) is 5.11. The van der Waals surface area contributed by atoms with Gasteiger partial charge in [-0.25, -0.2) is 0 Å². The summed E-state index contributed by atoms with van der Waals surface area (Å²) in [6, 6.07) is 0.455. The molecule has 1 N–H and O–H groups in total.